The summed E-state index contributed by atoms with van der Waals surface area (Å²) < 4.78 is 5.17. The highest BCUT2D eigenvalue weighted by Gasteiger charge is 2.08. The van der Waals surface area contributed by atoms with E-state index in [1.54, 1.807) is 7.11 Å². The van der Waals surface area contributed by atoms with Gasteiger partial charge in [0.15, 0.2) is 0 Å². The zero-order valence-corrected chi connectivity index (χ0v) is 11.1. The molecule has 1 atom stereocenters. The van der Waals surface area contributed by atoms with Crippen LogP contribution in [0.1, 0.15) is 5.56 Å². The zero-order chi connectivity index (χ0) is 12.5. The van der Waals surface area contributed by atoms with Crippen LogP contribution in [0.3, 0.4) is 0 Å². The van der Waals surface area contributed by atoms with Gasteiger partial charge >= 0.3 is 0 Å². The van der Waals surface area contributed by atoms with Gasteiger partial charge in [-0.25, -0.2) is 0 Å². The third kappa shape index (κ3) is 5.82. The van der Waals surface area contributed by atoms with Crippen molar-refractivity contribution >= 4 is 0 Å². The fourth-order valence-corrected chi connectivity index (χ4v) is 1.86. The topological polar surface area (TPSA) is 24.5 Å². The van der Waals surface area contributed by atoms with Gasteiger partial charge in [-0.05, 0) is 26.1 Å². The lowest BCUT2D eigenvalue weighted by Gasteiger charge is -2.23. The summed E-state index contributed by atoms with van der Waals surface area (Å²) in [5, 5.41) is 3.27. The molecule has 0 aliphatic rings. The summed E-state index contributed by atoms with van der Waals surface area (Å²) in [4.78, 5) is 2.34. The molecule has 0 spiro atoms. The predicted octanol–water partition coefficient (Wildman–Crippen LogP) is 1.40. The molecule has 0 saturated carbocycles. The molecule has 0 aromatic heterocycles. The molecule has 96 valence electrons. The molecule has 1 aromatic rings. The van der Waals surface area contributed by atoms with Crippen LogP contribution in [0, 0.1) is 0 Å². The van der Waals surface area contributed by atoms with Gasteiger partial charge in [-0.3, -0.25) is 0 Å². The van der Waals surface area contributed by atoms with Crippen LogP contribution in [0.15, 0.2) is 30.3 Å². The third-order valence-corrected chi connectivity index (χ3v) is 2.93. The molecule has 0 aliphatic heterocycles. The Labute approximate surface area is 105 Å². The molecule has 0 heterocycles. The standard InChI is InChI=1S/C14H24N2O/c1-15-14(12-17-3)11-16(2)10-9-13-7-5-4-6-8-13/h4-8,14-15H,9-12H2,1-3H3. The minimum absolute atomic E-state index is 0.403. The van der Waals surface area contributed by atoms with Crippen molar-refractivity contribution in [3.63, 3.8) is 0 Å². The summed E-state index contributed by atoms with van der Waals surface area (Å²) in [5.74, 6) is 0. The number of nitrogens with zero attached hydrogens (tertiary/aromatic N) is 1. The second-order valence-electron chi connectivity index (χ2n) is 4.44. The number of rotatable bonds is 8. The first kappa shape index (κ1) is 14.2. The summed E-state index contributed by atoms with van der Waals surface area (Å²) >= 11 is 0. The van der Waals surface area contributed by atoms with Crippen molar-refractivity contribution in [1.29, 1.82) is 0 Å². The Hall–Kier alpha value is -0.900. The molecule has 0 fully saturated rings. The molecule has 17 heavy (non-hydrogen) atoms. The van der Waals surface area contributed by atoms with E-state index in [4.69, 9.17) is 4.74 Å². The summed E-state index contributed by atoms with van der Waals surface area (Å²) in [6.45, 7) is 2.84. The van der Waals surface area contributed by atoms with Gasteiger partial charge in [-0.2, -0.15) is 0 Å². The monoisotopic (exact) mass is 236 g/mol. The molecule has 1 N–H and O–H groups in total. The Kier molecular flexibility index (Phi) is 6.86. The average molecular weight is 236 g/mol. The summed E-state index contributed by atoms with van der Waals surface area (Å²) in [6.07, 6.45) is 1.10. The van der Waals surface area contributed by atoms with E-state index in [1.165, 1.54) is 5.56 Å². The second kappa shape index (κ2) is 8.23. The summed E-state index contributed by atoms with van der Waals surface area (Å²) in [7, 11) is 5.88. The molecular formula is C14H24N2O. The van der Waals surface area contributed by atoms with E-state index in [9.17, 15) is 0 Å². The lowest BCUT2D eigenvalue weighted by Crippen LogP contribution is -2.41. The minimum atomic E-state index is 0.403. The van der Waals surface area contributed by atoms with Crippen molar-refractivity contribution in [2.75, 3.05) is 40.9 Å². The number of nitrogens with one attached hydrogen (secondary N) is 1. The van der Waals surface area contributed by atoms with E-state index < -0.39 is 0 Å². The van der Waals surface area contributed by atoms with Crippen molar-refractivity contribution in [3.05, 3.63) is 35.9 Å². The first-order valence-electron chi connectivity index (χ1n) is 6.15. The van der Waals surface area contributed by atoms with Crippen molar-refractivity contribution in [1.82, 2.24) is 10.2 Å². The van der Waals surface area contributed by atoms with Crippen molar-refractivity contribution in [3.8, 4) is 0 Å². The molecule has 0 radical (unpaired) electrons. The molecular weight excluding hydrogens is 212 g/mol. The van der Waals surface area contributed by atoms with Gasteiger partial charge in [0, 0.05) is 26.2 Å². The average Bonchev–Trinajstić information content (AvgIpc) is 2.37. The Morgan fingerprint density at radius 3 is 2.59 bits per heavy atom. The molecule has 0 bridgehead atoms. The molecule has 3 heteroatoms. The SMILES string of the molecule is CNC(COC)CN(C)CCc1ccccc1. The normalized spacial score (nSPS) is 12.9. The maximum absolute atomic E-state index is 5.17. The van der Waals surface area contributed by atoms with Crippen LogP contribution in [0.25, 0.3) is 0 Å². The van der Waals surface area contributed by atoms with Gasteiger partial charge in [0.25, 0.3) is 0 Å². The maximum Gasteiger partial charge on any atom is 0.0628 e. The summed E-state index contributed by atoms with van der Waals surface area (Å²) in [6, 6.07) is 11.0. The lowest BCUT2D eigenvalue weighted by molar-refractivity contribution is 0.149. The van der Waals surface area contributed by atoms with Crippen LogP contribution in [0.2, 0.25) is 0 Å². The number of hydrogen-bond acceptors (Lipinski definition) is 3. The predicted molar refractivity (Wildman–Crippen MR) is 72.4 cm³/mol. The fraction of sp³-hybridized carbons (Fsp3) is 0.571. The Balaban J connectivity index is 2.27. The Bertz CT molecular complexity index is 290. The minimum Gasteiger partial charge on any atom is -0.383 e. The maximum atomic E-state index is 5.17. The van der Waals surface area contributed by atoms with Crippen molar-refractivity contribution < 1.29 is 4.74 Å². The van der Waals surface area contributed by atoms with Gasteiger partial charge in [0.2, 0.25) is 0 Å². The van der Waals surface area contributed by atoms with Crippen molar-refractivity contribution in [2.24, 2.45) is 0 Å². The quantitative estimate of drug-likeness (QED) is 0.738. The molecule has 0 saturated heterocycles. The van der Waals surface area contributed by atoms with E-state index in [1.807, 2.05) is 7.05 Å². The molecule has 1 unspecified atom stereocenters. The first-order chi connectivity index (χ1) is 8.26. The fourth-order valence-electron chi connectivity index (χ4n) is 1.86. The Morgan fingerprint density at radius 1 is 1.29 bits per heavy atom. The molecule has 1 rings (SSSR count). The van der Waals surface area contributed by atoms with Crippen LogP contribution in [0.4, 0.5) is 0 Å². The van der Waals surface area contributed by atoms with Crippen LogP contribution in [-0.2, 0) is 11.2 Å². The van der Waals surface area contributed by atoms with E-state index in [0.29, 0.717) is 6.04 Å². The van der Waals surface area contributed by atoms with Gasteiger partial charge in [0.1, 0.15) is 0 Å². The van der Waals surface area contributed by atoms with Gasteiger partial charge in [-0.15, -0.1) is 0 Å². The van der Waals surface area contributed by atoms with Gasteiger partial charge in [-0.1, -0.05) is 30.3 Å². The third-order valence-electron chi connectivity index (χ3n) is 2.93. The highest BCUT2D eigenvalue weighted by molar-refractivity contribution is 5.14. The number of benzene rings is 1. The largest absolute Gasteiger partial charge is 0.383 e. The highest BCUT2D eigenvalue weighted by atomic mass is 16.5. The summed E-state index contributed by atoms with van der Waals surface area (Å²) in [5.41, 5.74) is 1.40. The highest BCUT2D eigenvalue weighted by Crippen LogP contribution is 2.01. The van der Waals surface area contributed by atoms with Crippen LogP contribution >= 0.6 is 0 Å². The van der Waals surface area contributed by atoms with Crippen LogP contribution in [0.5, 0.6) is 0 Å². The van der Waals surface area contributed by atoms with E-state index in [-0.39, 0.29) is 0 Å². The van der Waals surface area contributed by atoms with E-state index in [0.717, 1.165) is 26.1 Å². The zero-order valence-electron chi connectivity index (χ0n) is 11.1. The molecule has 3 nitrogen and oxygen atoms in total. The van der Waals surface area contributed by atoms with Gasteiger partial charge < -0.3 is 15.0 Å². The van der Waals surface area contributed by atoms with E-state index >= 15 is 0 Å². The molecule has 1 aromatic carbocycles. The molecule has 0 amide bonds. The number of ether oxygens (including phenoxy) is 1. The first-order valence-corrected chi connectivity index (χ1v) is 6.15. The smallest absolute Gasteiger partial charge is 0.0628 e. The number of likely N-dealkylation sites (N-methyl/N-ethyl adjacent to an activating group) is 2. The van der Waals surface area contributed by atoms with Crippen molar-refractivity contribution in [2.45, 2.75) is 12.5 Å². The van der Waals surface area contributed by atoms with Gasteiger partial charge in [0.05, 0.1) is 6.61 Å². The molecule has 0 aliphatic carbocycles. The number of hydrogen-bond donors (Lipinski definition) is 1. The van der Waals surface area contributed by atoms with E-state index in [2.05, 4.69) is 47.6 Å². The lowest BCUT2D eigenvalue weighted by atomic mass is 10.1. The number of methoxy groups -OCH3 is 1. The van der Waals surface area contributed by atoms with Crippen LogP contribution in [-0.4, -0.2) is 51.8 Å². The second-order valence-corrected chi connectivity index (χ2v) is 4.44. The Morgan fingerprint density at radius 2 is 2.00 bits per heavy atom. The van der Waals surface area contributed by atoms with Crippen LogP contribution < -0.4 is 5.32 Å².